The quantitative estimate of drug-likeness (QED) is 0.253. The van der Waals surface area contributed by atoms with Crippen molar-refractivity contribution in [3.05, 3.63) is 98.8 Å². The monoisotopic (exact) mass is 569 g/mol. The van der Waals surface area contributed by atoms with Crippen LogP contribution in [0.25, 0.3) is 22.4 Å². The Bertz CT molecular complexity index is 1310. The molecule has 2 aromatic carbocycles. The summed E-state index contributed by atoms with van der Waals surface area (Å²) in [6.45, 7) is 1.47. The van der Waals surface area contributed by atoms with Crippen molar-refractivity contribution < 1.29 is 0 Å². The minimum absolute atomic E-state index is 0.728. The minimum Gasteiger partial charge on any atom is -0.333 e. The number of benzene rings is 2. The molecule has 5 nitrogen and oxygen atoms in total. The van der Waals surface area contributed by atoms with E-state index in [1.165, 1.54) is 9.13 Å². The van der Waals surface area contributed by atoms with Crippen LogP contribution in [-0.4, -0.2) is 24.1 Å². The second kappa shape index (κ2) is 8.31. The highest BCUT2D eigenvalue weighted by molar-refractivity contribution is 14.1. The third kappa shape index (κ3) is 4.04. The molecule has 0 unspecified atom stereocenters. The van der Waals surface area contributed by atoms with E-state index < -0.39 is 0 Å². The Morgan fingerprint density at radius 3 is 2.57 bits per heavy atom. The molecule has 0 aliphatic heterocycles. The van der Waals surface area contributed by atoms with Gasteiger partial charge in [-0.25, -0.2) is 9.97 Å². The maximum absolute atomic E-state index is 4.97. The standard InChI is InChI=1S/C23H17BrIN5/c24-19-3-1-16(2-4-19)14-30-22-10-20(25)5-6-21(22)28-23(30)18-9-17(11-27-12-18)13-29-8-7-26-15-29/h1-12,15H,13-14H2. The summed E-state index contributed by atoms with van der Waals surface area (Å²) < 4.78 is 6.58. The number of fused-ring (bicyclic) bond motifs is 1. The normalized spacial score (nSPS) is 11.3. The summed E-state index contributed by atoms with van der Waals surface area (Å²) >= 11 is 5.87. The van der Waals surface area contributed by atoms with Gasteiger partial charge < -0.3 is 9.13 Å². The summed E-state index contributed by atoms with van der Waals surface area (Å²) in [5.41, 5.74) is 5.46. The molecule has 0 atom stereocenters. The first-order chi connectivity index (χ1) is 14.7. The SMILES string of the molecule is Brc1ccc(Cn2c(-c3cncc(Cn4ccnc4)c3)nc3ccc(I)cc32)cc1. The van der Waals surface area contributed by atoms with Crippen molar-refractivity contribution in [2.24, 2.45) is 0 Å². The number of hydrogen-bond donors (Lipinski definition) is 0. The number of halogens is 2. The van der Waals surface area contributed by atoms with Gasteiger partial charge in [0.15, 0.2) is 0 Å². The van der Waals surface area contributed by atoms with Crippen molar-refractivity contribution in [3.8, 4) is 11.4 Å². The lowest BCUT2D eigenvalue weighted by Gasteiger charge is -2.11. The van der Waals surface area contributed by atoms with Gasteiger partial charge >= 0.3 is 0 Å². The Hall–Kier alpha value is -2.52. The zero-order valence-corrected chi connectivity index (χ0v) is 19.7. The number of rotatable bonds is 5. The van der Waals surface area contributed by atoms with E-state index in [-0.39, 0.29) is 0 Å². The molecule has 0 N–H and O–H groups in total. The summed E-state index contributed by atoms with van der Waals surface area (Å²) in [6, 6.07) is 17.0. The average Bonchev–Trinajstić information content (AvgIpc) is 3.38. The third-order valence-electron chi connectivity index (χ3n) is 4.94. The maximum atomic E-state index is 4.97. The molecule has 0 aliphatic rings. The Labute approximate surface area is 196 Å². The van der Waals surface area contributed by atoms with Gasteiger partial charge in [0.2, 0.25) is 0 Å². The van der Waals surface area contributed by atoms with Gasteiger partial charge in [0.1, 0.15) is 5.82 Å². The van der Waals surface area contributed by atoms with E-state index in [1.807, 2.05) is 29.5 Å². The molecule has 3 heterocycles. The predicted octanol–water partition coefficient (Wildman–Crippen LogP) is 5.76. The highest BCUT2D eigenvalue weighted by Crippen LogP contribution is 2.28. The van der Waals surface area contributed by atoms with Gasteiger partial charge in [-0.1, -0.05) is 28.1 Å². The first kappa shape index (κ1) is 19.4. The fraction of sp³-hybridized carbons (Fsp3) is 0.0870. The molecule has 0 aliphatic carbocycles. The van der Waals surface area contributed by atoms with E-state index in [0.29, 0.717) is 0 Å². The van der Waals surface area contributed by atoms with E-state index in [0.717, 1.165) is 45.5 Å². The van der Waals surface area contributed by atoms with Crippen molar-refractivity contribution in [2.75, 3.05) is 0 Å². The Morgan fingerprint density at radius 1 is 0.900 bits per heavy atom. The molecule has 0 saturated carbocycles. The highest BCUT2D eigenvalue weighted by atomic mass is 127. The van der Waals surface area contributed by atoms with Crippen molar-refractivity contribution in [1.29, 1.82) is 0 Å². The lowest BCUT2D eigenvalue weighted by Crippen LogP contribution is -2.03. The Kier molecular flexibility index (Phi) is 5.39. The molecule has 0 radical (unpaired) electrons. The first-order valence-electron chi connectivity index (χ1n) is 9.46. The number of imidazole rings is 2. The maximum Gasteiger partial charge on any atom is 0.143 e. The number of hydrogen-bond acceptors (Lipinski definition) is 3. The molecule has 5 rings (SSSR count). The zero-order chi connectivity index (χ0) is 20.5. The molecule has 30 heavy (non-hydrogen) atoms. The fourth-order valence-corrected chi connectivity index (χ4v) is 4.28. The largest absolute Gasteiger partial charge is 0.333 e. The van der Waals surface area contributed by atoms with Crippen LogP contribution in [0.5, 0.6) is 0 Å². The average molecular weight is 570 g/mol. The van der Waals surface area contributed by atoms with Crippen molar-refractivity contribution in [1.82, 2.24) is 24.1 Å². The second-order valence-corrected chi connectivity index (χ2v) is 9.26. The van der Waals surface area contributed by atoms with Crippen LogP contribution in [0.1, 0.15) is 11.1 Å². The van der Waals surface area contributed by atoms with E-state index in [1.54, 1.807) is 6.20 Å². The molecule has 148 valence electrons. The van der Waals surface area contributed by atoms with Gasteiger partial charge in [-0.05, 0) is 70.1 Å². The summed E-state index contributed by atoms with van der Waals surface area (Å²) in [4.78, 5) is 13.6. The number of nitrogens with zero attached hydrogens (tertiary/aromatic N) is 5. The Morgan fingerprint density at radius 2 is 1.77 bits per heavy atom. The van der Waals surface area contributed by atoms with Crippen LogP contribution >= 0.6 is 38.5 Å². The molecule has 0 amide bonds. The molecule has 3 aromatic heterocycles. The van der Waals surface area contributed by atoms with E-state index in [4.69, 9.17) is 4.98 Å². The van der Waals surface area contributed by atoms with Crippen molar-refractivity contribution in [3.63, 3.8) is 0 Å². The number of aromatic nitrogens is 5. The van der Waals surface area contributed by atoms with Gasteiger partial charge in [0.05, 0.1) is 23.9 Å². The van der Waals surface area contributed by atoms with Crippen LogP contribution in [0.15, 0.2) is 84.1 Å². The van der Waals surface area contributed by atoms with E-state index in [2.05, 4.69) is 102 Å². The lowest BCUT2D eigenvalue weighted by atomic mass is 10.1. The first-order valence-corrected chi connectivity index (χ1v) is 11.3. The fourth-order valence-electron chi connectivity index (χ4n) is 3.54. The molecule has 5 aromatic rings. The van der Waals surface area contributed by atoms with Gasteiger partial charge in [-0.3, -0.25) is 4.98 Å². The Balaban J connectivity index is 1.60. The topological polar surface area (TPSA) is 48.5 Å². The third-order valence-corrected chi connectivity index (χ3v) is 6.14. The van der Waals surface area contributed by atoms with Gasteiger partial charge in [0.25, 0.3) is 0 Å². The van der Waals surface area contributed by atoms with Crippen molar-refractivity contribution in [2.45, 2.75) is 13.1 Å². The van der Waals surface area contributed by atoms with Crippen LogP contribution < -0.4 is 0 Å². The van der Waals surface area contributed by atoms with Crippen LogP contribution in [0.4, 0.5) is 0 Å². The molecule has 7 heteroatoms. The summed E-state index contributed by atoms with van der Waals surface area (Å²) in [5.74, 6) is 0.926. The van der Waals surface area contributed by atoms with Crippen LogP contribution in [0.3, 0.4) is 0 Å². The molecule has 0 fully saturated rings. The molecular weight excluding hydrogens is 553 g/mol. The molecule has 0 spiro atoms. The van der Waals surface area contributed by atoms with E-state index >= 15 is 0 Å². The van der Waals surface area contributed by atoms with E-state index in [9.17, 15) is 0 Å². The second-order valence-electron chi connectivity index (χ2n) is 7.10. The molecular formula is C23H17BrIN5. The highest BCUT2D eigenvalue weighted by Gasteiger charge is 2.14. The lowest BCUT2D eigenvalue weighted by molar-refractivity contribution is 0.792. The summed E-state index contributed by atoms with van der Waals surface area (Å²) in [6.07, 6.45) is 9.35. The summed E-state index contributed by atoms with van der Waals surface area (Å²) in [7, 11) is 0. The molecule has 0 bridgehead atoms. The molecule has 0 saturated heterocycles. The minimum atomic E-state index is 0.728. The van der Waals surface area contributed by atoms with Gasteiger partial charge in [-0.15, -0.1) is 0 Å². The number of pyridine rings is 1. The van der Waals surface area contributed by atoms with Crippen LogP contribution in [0.2, 0.25) is 0 Å². The summed E-state index contributed by atoms with van der Waals surface area (Å²) in [5, 5.41) is 0. The van der Waals surface area contributed by atoms with Crippen molar-refractivity contribution >= 4 is 49.6 Å². The smallest absolute Gasteiger partial charge is 0.143 e. The predicted molar refractivity (Wildman–Crippen MR) is 130 cm³/mol. The van der Waals surface area contributed by atoms with Gasteiger partial charge in [-0.2, -0.15) is 0 Å². The zero-order valence-electron chi connectivity index (χ0n) is 15.9. The van der Waals surface area contributed by atoms with Gasteiger partial charge in [0, 0.05) is 44.9 Å². The van der Waals surface area contributed by atoms with Crippen LogP contribution in [0, 0.1) is 3.57 Å². The van der Waals surface area contributed by atoms with Crippen LogP contribution in [-0.2, 0) is 13.1 Å².